The zero-order chi connectivity index (χ0) is 12.3. The number of nitrogens with two attached hydrogens (primary N) is 1. The maximum absolute atomic E-state index is 12.0. The Balaban J connectivity index is 0.00000162. The lowest BCUT2D eigenvalue weighted by atomic mass is 10.3. The number of nitrogens with one attached hydrogen (secondary N) is 1. The van der Waals surface area contributed by atoms with Gasteiger partial charge in [0.15, 0.2) is 0 Å². The van der Waals surface area contributed by atoms with Crippen molar-refractivity contribution >= 4 is 29.7 Å². The summed E-state index contributed by atoms with van der Waals surface area (Å²) in [5.41, 5.74) is 6.13. The maximum atomic E-state index is 12.0. The van der Waals surface area contributed by atoms with E-state index < -0.39 is 0 Å². The standard InChI is InChI=1S/C9H12N6OS.ClH/c1-6(4-10)12-9(16)8-7(2-3-17-8)15-5-11-13-14-15;/h2-3,5-6H,4,10H2,1H3,(H,12,16);1H/t6-;/m0./s1. The number of aromatic nitrogens is 4. The van der Waals surface area contributed by atoms with Crippen LogP contribution in [0.15, 0.2) is 17.8 Å². The molecule has 0 spiro atoms. The number of amides is 1. The molecule has 0 aliphatic heterocycles. The number of carbonyl (C=O) groups excluding carboxylic acids is 1. The van der Waals surface area contributed by atoms with Crippen molar-refractivity contribution in [3.63, 3.8) is 0 Å². The van der Waals surface area contributed by atoms with E-state index in [2.05, 4.69) is 20.8 Å². The van der Waals surface area contributed by atoms with E-state index in [-0.39, 0.29) is 24.4 Å². The normalized spacial score (nSPS) is 11.7. The van der Waals surface area contributed by atoms with Gasteiger partial charge in [-0.2, -0.15) is 4.68 Å². The minimum Gasteiger partial charge on any atom is -0.348 e. The topological polar surface area (TPSA) is 98.7 Å². The van der Waals surface area contributed by atoms with Crippen LogP contribution >= 0.6 is 23.7 Å². The van der Waals surface area contributed by atoms with Gasteiger partial charge in [-0.05, 0) is 28.8 Å². The third-order valence-electron chi connectivity index (χ3n) is 2.18. The van der Waals surface area contributed by atoms with Gasteiger partial charge in [-0.15, -0.1) is 28.8 Å². The first-order valence-corrected chi connectivity index (χ1v) is 5.92. The van der Waals surface area contributed by atoms with E-state index in [1.54, 1.807) is 6.07 Å². The number of thiophene rings is 1. The largest absolute Gasteiger partial charge is 0.348 e. The van der Waals surface area contributed by atoms with Crippen LogP contribution in [0.25, 0.3) is 5.69 Å². The number of hydrogen-bond donors (Lipinski definition) is 2. The Morgan fingerprint density at radius 2 is 2.44 bits per heavy atom. The molecule has 0 aromatic carbocycles. The molecule has 0 saturated heterocycles. The average Bonchev–Trinajstić information content (AvgIpc) is 2.98. The second-order valence-electron chi connectivity index (χ2n) is 3.50. The number of carbonyl (C=O) groups is 1. The van der Waals surface area contributed by atoms with Gasteiger partial charge < -0.3 is 11.1 Å². The number of halogens is 1. The number of nitrogens with zero attached hydrogens (tertiary/aromatic N) is 4. The van der Waals surface area contributed by atoms with Crippen molar-refractivity contribution in [3.8, 4) is 5.69 Å². The predicted molar refractivity (Wildman–Crippen MR) is 70.3 cm³/mol. The summed E-state index contributed by atoms with van der Waals surface area (Å²) in [5.74, 6) is -0.163. The van der Waals surface area contributed by atoms with Crippen LogP contribution in [0, 0.1) is 0 Å². The second-order valence-corrected chi connectivity index (χ2v) is 4.42. The minimum atomic E-state index is -0.163. The van der Waals surface area contributed by atoms with Crippen molar-refractivity contribution in [1.29, 1.82) is 0 Å². The molecule has 2 aromatic rings. The molecule has 3 N–H and O–H groups in total. The fourth-order valence-electron chi connectivity index (χ4n) is 1.27. The first-order chi connectivity index (χ1) is 8.22. The average molecular weight is 289 g/mol. The Morgan fingerprint density at radius 1 is 1.67 bits per heavy atom. The van der Waals surface area contributed by atoms with Crippen LogP contribution in [-0.4, -0.2) is 38.7 Å². The fourth-order valence-corrected chi connectivity index (χ4v) is 2.05. The molecule has 2 heterocycles. The summed E-state index contributed by atoms with van der Waals surface area (Å²) in [6.07, 6.45) is 1.45. The summed E-state index contributed by atoms with van der Waals surface area (Å²) in [7, 11) is 0. The molecule has 0 fully saturated rings. The molecule has 2 aromatic heterocycles. The van der Waals surface area contributed by atoms with Gasteiger partial charge in [0, 0.05) is 12.6 Å². The highest BCUT2D eigenvalue weighted by Gasteiger charge is 2.16. The van der Waals surface area contributed by atoms with Crippen molar-refractivity contribution in [3.05, 3.63) is 22.7 Å². The van der Waals surface area contributed by atoms with Gasteiger partial charge in [0.05, 0.1) is 5.69 Å². The van der Waals surface area contributed by atoms with Crippen LogP contribution in [0.1, 0.15) is 16.6 Å². The van der Waals surface area contributed by atoms with Gasteiger partial charge >= 0.3 is 0 Å². The van der Waals surface area contributed by atoms with Crippen LogP contribution in [-0.2, 0) is 0 Å². The number of tetrazole rings is 1. The molecule has 7 nitrogen and oxygen atoms in total. The van der Waals surface area contributed by atoms with Crippen LogP contribution in [0.5, 0.6) is 0 Å². The van der Waals surface area contributed by atoms with E-state index in [0.717, 1.165) is 0 Å². The summed E-state index contributed by atoms with van der Waals surface area (Å²) in [6, 6.07) is 1.73. The Hall–Kier alpha value is -1.51. The van der Waals surface area contributed by atoms with E-state index >= 15 is 0 Å². The first-order valence-electron chi connectivity index (χ1n) is 5.04. The lowest BCUT2D eigenvalue weighted by Gasteiger charge is -2.10. The monoisotopic (exact) mass is 288 g/mol. The Labute approximate surface area is 114 Å². The highest BCUT2D eigenvalue weighted by atomic mass is 35.5. The van der Waals surface area contributed by atoms with Crippen LogP contribution in [0.2, 0.25) is 0 Å². The first kappa shape index (κ1) is 14.6. The van der Waals surface area contributed by atoms with Gasteiger partial charge in [-0.1, -0.05) is 0 Å². The van der Waals surface area contributed by atoms with Gasteiger partial charge in [0.25, 0.3) is 5.91 Å². The van der Waals surface area contributed by atoms with Crippen molar-refractivity contribution < 1.29 is 4.79 Å². The molecule has 0 aliphatic carbocycles. The van der Waals surface area contributed by atoms with Crippen LogP contribution in [0.3, 0.4) is 0 Å². The number of rotatable bonds is 4. The van der Waals surface area contributed by atoms with Gasteiger partial charge in [0.2, 0.25) is 0 Å². The fraction of sp³-hybridized carbons (Fsp3) is 0.333. The summed E-state index contributed by atoms with van der Waals surface area (Å²) >= 11 is 1.34. The van der Waals surface area contributed by atoms with Crippen LogP contribution < -0.4 is 11.1 Å². The van der Waals surface area contributed by atoms with Crippen molar-refractivity contribution in [2.24, 2.45) is 5.73 Å². The van der Waals surface area contributed by atoms with Gasteiger partial charge in [-0.25, -0.2) is 0 Å². The zero-order valence-electron chi connectivity index (χ0n) is 9.61. The van der Waals surface area contributed by atoms with E-state index in [1.165, 1.54) is 22.3 Å². The molecule has 0 bridgehead atoms. The Morgan fingerprint density at radius 3 is 3.06 bits per heavy atom. The predicted octanol–water partition coefficient (Wildman–Crippen LogP) is 0.223. The van der Waals surface area contributed by atoms with Crippen molar-refractivity contribution in [2.75, 3.05) is 6.54 Å². The second kappa shape index (κ2) is 6.43. The lowest BCUT2D eigenvalue weighted by Crippen LogP contribution is -2.37. The molecular weight excluding hydrogens is 276 g/mol. The minimum absolute atomic E-state index is 0. The number of hydrogen-bond acceptors (Lipinski definition) is 6. The van der Waals surface area contributed by atoms with E-state index in [1.807, 2.05) is 12.3 Å². The molecule has 0 saturated carbocycles. The molecule has 9 heteroatoms. The molecular formula is C9H13ClN6OS. The zero-order valence-corrected chi connectivity index (χ0v) is 11.2. The summed E-state index contributed by atoms with van der Waals surface area (Å²) in [4.78, 5) is 12.5. The third kappa shape index (κ3) is 3.03. The van der Waals surface area contributed by atoms with E-state index in [4.69, 9.17) is 5.73 Å². The highest BCUT2D eigenvalue weighted by molar-refractivity contribution is 7.12. The SMILES string of the molecule is C[C@@H](CN)NC(=O)c1sccc1-n1cnnn1.Cl. The third-order valence-corrected chi connectivity index (χ3v) is 3.08. The molecule has 0 aliphatic rings. The lowest BCUT2D eigenvalue weighted by molar-refractivity contribution is 0.0945. The highest BCUT2D eigenvalue weighted by Crippen LogP contribution is 2.19. The van der Waals surface area contributed by atoms with Gasteiger partial charge in [-0.3, -0.25) is 4.79 Å². The summed E-state index contributed by atoms with van der Waals surface area (Å²) in [5, 5.41) is 15.5. The van der Waals surface area contributed by atoms with Crippen LogP contribution in [0.4, 0.5) is 0 Å². The maximum Gasteiger partial charge on any atom is 0.263 e. The quantitative estimate of drug-likeness (QED) is 0.839. The molecule has 1 atom stereocenters. The van der Waals surface area contributed by atoms with Crippen molar-refractivity contribution in [2.45, 2.75) is 13.0 Å². The molecule has 0 radical (unpaired) electrons. The smallest absolute Gasteiger partial charge is 0.263 e. The Bertz CT molecular complexity index is 499. The molecule has 18 heavy (non-hydrogen) atoms. The summed E-state index contributed by atoms with van der Waals surface area (Å²) < 4.78 is 1.46. The van der Waals surface area contributed by atoms with Gasteiger partial charge in [0.1, 0.15) is 11.2 Å². The van der Waals surface area contributed by atoms with Crippen molar-refractivity contribution in [1.82, 2.24) is 25.5 Å². The summed E-state index contributed by atoms with van der Waals surface area (Å²) in [6.45, 7) is 2.25. The molecule has 0 unspecified atom stereocenters. The molecule has 1 amide bonds. The Kier molecular flexibility index (Phi) is 5.20. The van der Waals surface area contributed by atoms with E-state index in [0.29, 0.717) is 17.1 Å². The molecule has 98 valence electrons. The molecule has 2 rings (SSSR count). The van der Waals surface area contributed by atoms with E-state index in [9.17, 15) is 4.79 Å².